The molecule has 4 nitrogen and oxygen atoms in total. The number of carbonyl (C=O) groups is 1. The average molecular weight is 442 g/mol. The van der Waals surface area contributed by atoms with Gasteiger partial charge in [-0.1, -0.05) is 69.6 Å². The summed E-state index contributed by atoms with van der Waals surface area (Å²) in [4.78, 5) is 13.1. The highest BCUT2D eigenvalue weighted by molar-refractivity contribution is 6.31. The maximum Gasteiger partial charge on any atom is 0.251 e. The third-order valence-corrected chi connectivity index (χ3v) is 4.86. The Kier molecular flexibility index (Phi) is 12.2. The van der Waals surface area contributed by atoms with Gasteiger partial charge >= 0.3 is 0 Å². The first kappa shape index (κ1) is 26.3. The molecule has 0 aliphatic heterocycles. The highest BCUT2D eigenvalue weighted by Crippen LogP contribution is 2.28. The molecular formula is C26H36ClN3O. The van der Waals surface area contributed by atoms with Gasteiger partial charge in [0, 0.05) is 53.7 Å². The number of anilines is 2. The lowest BCUT2D eigenvalue weighted by molar-refractivity contribution is -0.115. The van der Waals surface area contributed by atoms with Crippen molar-refractivity contribution in [3.8, 4) is 0 Å². The Bertz CT molecular complexity index is 903. The minimum Gasteiger partial charge on any atom is -0.388 e. The van der Waals surface area contributed by atoms with Gasteiger partial charge in [-0.05, 0) is 42.7 Å². The maximum absolute atomic E-state index is 13.1. The Morgan fingerprint density at radius 3 is 2.13 bits per heavy atom. The lowest BCUT2D eigenvalue weighted by Crippen LogP contribution is -2.26. The van der Waals surface area contributed by atoms with E-state index in [0.29, 0.717) is 17.1 Å². The van der Waals surface area contributed by atoms with Crippen LogP contribution < -0.4 is 16.0 Å². The molecule has 0 atom stereocenters. The van der Waals surface area contributed by atoms with Crippen LogP contribution in [-0.4, -0.2) is 26.5 Å². The fraction of sp³-hybridized carbons (Fsp3) is 0.346. The van der Waals surface area contributed by atoms with Gasteiger partial charge < -0.3 is 16.0 Å². The van der Waals surface area contributed by atoms with E-state index in [1.165, 1.54) is 0 Å². The number of carbonyl (C=O) groups excluding carboxylic acids is 1. The quantitative estimate of drug-likeness (QED) is 0.373. The van der Waals surface area contributed by atoms with Crippen LogP contribution in [0.2, 0.25) is 5.02 Å². The second-order valence-electron chi connectivity index (χ2n) is 6.58. The molecule has 31 heavy (non-hydrogen) atoms. The Labute approximate surface area is 192 Å². The largest absolute Gasteiger partial charge is 0.388 e. The maximum atomic E-state index is 13.1. The molecule has 0 heterocycles. The molecule has 0 radical (unpaired) electrons. The van der Waals surface area contributed by atoms with Crippen molar-refractivity contribution in [1.82, 2.24) is 5.32 Å². The Hall–Kier alpha value is -2.72. The van der Waals surface area contributed by atoms with Crippen LogP contribution in [0.25, 0.3) is 11.1 Å². The standard InChI is InChI=1S/C24H30ClN3O.C2H6/c1-5-9-17(21-15-18(25)13-14-23(21)27-4)16-28-24(29)20(10-6-2)19-11-7-8-12-22(19)26-3;1-2/h7-15,26-27H,5-6,16H2,1-4H3,(H,28,29);1-2H3/b17-9+,20-10+;. The lowest BCUT2D eigenvalue weighted by Gasteiger charge is -2.17. The number of allylic oxidation sites excluding steroid dienone is 2. The molecule has 0 bridgehead atoms. The third-order valence-electron chi connectivity index (χ3n) is 4.63. The van der Waals surface area contributed by atoms with E-state index in [9.17, 15) is 4.79 Å². The fourth-order valence-corrected chi connectivity index (χ4v) is 3.43. The van der Waals surface area contributed by atoms with Gasteiger partial charge in [-0.15, -0.1) is 0 Å². The van der Waals surface area contributed by atoms with Crippen molar-refractivity contribution < 1.29 is 4.79 Å². The minimum atomic E-state index is -0.0930. The number of hydrogen-bond donors (Lipinski definition) is 3. The van der Waals surface area contributed by atoms with Crippen LogP contribution in [0, 0.1) is 0 Å². The molecule has 168 valence electrons. The van der Waals surface area contributed by atoms with E-state index in [2.05, 4.69) is 29.0 Å². The summed E-state index contributed by atoms with van der Waals surface area (Å²) in [5.41, 5.74) is 5.51. The van der Waals surface area contributed by atoms with Gasteiger partial charge in [-0.25, -0.2) is 0 Å². The van der Waals surface area contributed by atoms with Crippen LogP contribution in [0.1, 0.15) is 51.7 Å². The first-order valence-corrected chi connectivity index (χ1v) is 11.4. The first-order valence-electron chi connectivity index (χ1n) is 11.0. The van der Waals surface area contributed by atoms with Crippen molar-refractivity contribution in [1.29, 1.82) is 0 Å². The van der Waals surface area contributed by atoms with Crippen molar-refractivity contribution in [3.05, 3.63) is 70.8 Å². The summed E-state index contributed by atoms with van der Waals surface area (Å²) in [6.07, 6.45) is 5.72. The van der Waals surface area contributed by atoms with E-state index in [0.717, 1.165) is 40.9 Å². The van der Waals surface area contributed by atoms with E-state index in [1.54, 1.807) is 0 Å². The number of amides is 1. The smallest absolute Gasteiger partial charge is 0.251 e. The summed E-state index contributed by atoms with van der Waals surface area (Å²) in [6.45, 7) is 8.53. The molecular weight excluding hydrogens is 406 g/mol. The zero-order chi connectivity index (χ0) is 23.2. The number of hydrogen-bond acceptors (Lipinski definition) is 3. The third kappa shape index (κ3) is 7.48. The zero-order valence-corrected chi connectivity index (χ0v) is 20.4. The fourth-order valence-electron chi connectivity index (χ4n) is 3.26. The zero-order valence-electron chi connectivity index (χ0n) is 19.6. The van der Waals surface area contributed by atoms with E-state index >= 15 is 0 Å². The SMILES string of the molecule is CC.CC/C=C(\CNC(=O)/C(=C/CC)c1ccccc1NC)c1cc(Cl)ccc1NC. The minimum absolute atomic E-state index is 0.0930. The number of rotatable bonds is 9. The van der Waals surface area contributed by atoms with Gasteiger partial charge in [-0.2, -0.15) is 0 Å². The van der Waals surface area contributed by atoms with Crippen LogP contribution in [0.5, 0.6) is 0 Å². The topological polar surface area (TPSA) is 53.2 Å². The molecule has 0 aliphatic rings. The molecule has 0 unspecified atom stereocenters. The first-order chi connectivity index (χ1) is 15.0. The van der Waals surface area contributed by atoms with E-state index in [4.69, 9.17) is 11.6 Å². The monoisotopic (exact) mass is 441 g/mol. The van der Waals surface area contributed by atoms with Crippen LogP contribution >= 0.6 is 11.6 Å². The van der Waals surface area contributed by atoms with Crippen LogP contribution in [0.4, 0.5) is 11.4 Å². The van der Waals surface area contributed by atoms with E-state index < -0.39 is 0 Å². The molecule has 2 aromatic rings. The summed E-state index contributed by atoms with van der Waals surface area (Å²) in [5, 5.41) is 10.1. The molecule has 0 spiro atoms. The highest BCUT2D eigenvalue weighted by atomic mass is 35.5. The van der Waals surface area contributed by atoms with Gasteiger partial charge in [0.15, 0.2) is 0 Å². The Balaban J connectivity index is 0.00000233. The number of para-hydroxylation sites is 1. The molecule has 3 N–H and O–H groups in total. The number of halogens is 1. The predicted octanol–water partition coefficient (Wildman–Crippen LogP) is 6.85. The van der Waals surface area contributed by atoms with Crippen molar-refractivity contribution in [2.24, 2.45) is 0 Å². The van der Waals surface area contributed by atoms with Crippen molar-refractivity contribution >= 4 is 40.0 Å². The van der Waals surface area contributed by atoms with Crippen LogP contribution in [-0.2, 0) is 4.79 Å². The van der Waals surface area contributed by atoms with Crippen molar-refractivity contribution in [3.63, 3.8) is 0 Å². The molecule has 2 aromatic carbocycles. The summed E-state index contributed by atoms with van der Waals surface area (Å²) in [7, 11) is 3.74. The summed E-state index contributed by atoms with van der Waals surface area (Å²) in [6, 6.07) is 13.6. The summed E-state index contributed by atoms with van der Waals surface area (Å²) in [5.74, 6) is -0.0930. The van der Waals surface area contributed by atoms with Crippen LogP contribution in [0.3, 0.4) is 0 Å². The molecule has 0 saturated heterocycles. The van der Waals surface area contributed by atoms with Gasteiger partial charge in [0.05, 0.1) is 0 Å². The van der Waals surface area contributed by atoms with Gasteiger partial charge in [0.1, 0.15) is 0 Å². The van der Waals surface area contributed by atoms with E-state index in [1.807, 2.05) is 83.4 Å². The molecule has 0 aliphatic carbocycles. The molecule has 5 heteroatoms. The van der Waals surface area contributed by atoms with Crippen molar-refractivity contribution in [2.45, 2.75) is 40.5 Å². The van der Waals surface area contributed by atoms with Crippen LogP contribution in [0.15, 0.2) is 54.6 Å². The molecule has 0 saturated carbocycles. The lowest BCUT2D eigenvalue weighted by atomic mass is 10.00. The van der Waals surface area contributed by atoms with Gasteiger partial charge in [0.2, 0.25) is 0 Å². The molecule has 1 amide bonds. The van der Waals surface area contributed by atoms with Gasteiger partial charge in [0.25, 0.3) is 5.91 Å². The Morgan fingerprint density at radius 1 is 0.903 bits per heavy atom. The predicted molar refractivity (Wildman–Crippen MR) is 138 cm³/mol. The second kappa shape index (κ2) is 14.3. The Morgan fingerprint density at radius 2 is 1.52 bits per heavy atom. The molecule has 2 rings (SSSR count). The highest BCUT2D eigenvalue weighted by Gasteiger charge is 2.16. The summed E-state index contributed by atoms with van der Waals surface area (Å²) < 4.78 is 0. The number of nitrogens with one attached hydrogen (secondary N) is 3. The molecule has 0 fully saturated rings. The second-order valence-corrected chi connectivity index (χ2v) is 7.02. The van der Waals surface area contributed by atoms with E-state index in [-0.39, 0.29) is 5.91 Å². The number of benzene rings is 2. The van der Waals surface area contributed by atoms with Crippen molar-refractivity contribution in [2.75, 3.05) is 31.3 Å². The summed E-state index contributed by atoms with van der Waals surface area (Å²) >= 11 is 6.23. The average Bonchev–Trinajstić information content (AvgIpc) is 2.81. The van der Waals surface area contributed by atoms with Gasteiger partial charge in [-0.3, -0.25) is 4.79 Å². The molecule has 0 aromatic heterocycles. The normalized spacial score (nSPS) is 11.3.